The second kappa shape index (κ2) is 12.0. The zero-order valence-corrected chi connectivity index (χ0v) is 21.7. The Balaban J connectivity index is 1.34. The van der Waals surface area contributed by atoms with Crippen molar-refractivity contribution in [3.63, 3.8) is 0 Å². The Morgan fingerprint density at radius 3 is 2.74 bits per heavy atom. The van der Waals surface area contributed by atoms with Gasteiger partial charge in [0.15, 0.2) is 0 Å². The molecule has 1 aliphatic heterocycles. The highest BCUT2D eigenvalue weighted by molar-refractivity contribution is 5.99. The average Bonchev–Trinajstić information content (AvgIpc) is 2.96. The zero-order chi connectivity index (χ0) is 27.2. The third-order valence-electron chi connectivity index (χ3n) is 6.65. The van der Waals surface area contributed by atoms with Gasteiger partial charge in [0.2, 0.25) is 11.9 Å². The van der Waals surface area contributed by atoms with Gasteiger partial charge in [-0.25, -0.2) is 19.3 Å². The van der Waals surface area contributed by atoms with E-state index in [9.17, 15) is 4.79 Å². The highest BCUT2D eigenvalue weighted by Gasteiger charge is 2.19. The molecule has 1 amide bonds. The van der Waals surface area contributed by atoms with Crippen LogP contribution in [0.5, 0.6) is 0 Å². The number of nitrogens with zero attached hydrogens (tertiary/aromatic N) is 5. The monoisotopic (exact) mass is 527 g/mol. The van der Waals surface area contributed by atoms with Crippen LogP contribution >= 0.6 is 0 Å². The summed E-state index contributed by atoms with van der Waals surface area (Å²) in [6.07, 6.45) is 4.54. The molecular weight excluding hydrogens is 497 g/mol. The lowest BCUT2D eigenvalue weighted by molar-refractivity contribution is -0.111. The van der Waals surface area contributed by atoms with Gasteiger partial charge in [-0.2, -0.15) is 0 Å². The number of piperazine rings is 1. The average molecular weight is 528 g/mol. The topological polar surface area (TPSA) is 95.5 Å². The van der Waals surface area contributed by atoms with Gasteiger partial charge >= 0.3 is 0 Å². The van der Waals surface area contributed by atoms with E-state index >= 15 is 4.39 Å². The van der Waals surface area contributed by atoms with Gasteiger partial charge in [0.25, 0.3) is 0 Å². The summed E-state index contributed by atoms with van der Waals surface area (Å²) in [5.74, 6) is 0.128. The first kappa shape index (κ1) is 26.2. The summed E-state index contributed by atoms with van der Waals surface area (Å²) in [5, 5.41) is 6.66. The van der Waals surface area contributed by atoms with E-state index in [0.29, 0.717) is 35.3 Å². The molecule has 1 aliphatic rings. The van der Waals surface area contributed by atoms with Crippen LogP contribution in [0.3, 0.4) is 0 Å². The van der Waals surface area contributed by atoms with Crippen LogP contribution in [0, 0.1) is 5.82 Å². The van der Waals surface area contributed by atoms with Crippen molar-refractivity contribution in [2.75, 3.05) is 62.0 Å². The third kappa shape index (κ3) is 6.19. The molecule has 4 aromatic rings. The summed E-state index contributed by atoms with van der Waals surface area (Å²) >= 11 is 0. The molecule has 10 heteroatoms. The molecule has 0 saturated carbocycles. The number of anilines is 4. The number of pyridine rings is 1. The molecule has 1 saturated heterocycles. The minimum absolute atomic E-state index is 0.294. The molecule has 2 aromatic heterocycles. The number of carbonyl (C=O) groups is 1. The second-order valence-electron chi connectivity index (χ2n) is 9.17. The molecule has 0 radical (unpaired) electrons. The number of aromatic nitrogens is 3. The summed E-state index contributed by atoms with van der Waals surface area (Å²) in [7, 11) is 1.70. The Bertz CT molecular complexity index is 1490. The van der Waals surface area contributed by atoms with E-state index in [-0.39, 0.29) is 11.7 Å². The number of hydrogen-bond acceptors (Lipinski definition) is 8. The number of ether oxygens (including phenoxy) is 1. The van der Waals surface area contributed by atoms with Crippen molar-refractivity contribution in [1.82, 2.24) is 19.9 Å². The Morgan fingerprint density at radius 1 is 1.13 bits per heavy atom. The number of benzene rings is 2. The van der Waals surface area contributed by atoms with E-state index in [4.69, 9.17) is 9.72 Å². The van der Waals surface area contributed by atoms with Gasteiger partial charge in [0.05, 0.1) is 17.8 Å². The number of nitrogens with one attached hydrogen (secondary N) is 2. The van der Waals surface area contributed by atoms with Crippen LogP contribution in [0.2, 0.25) is 0 Å². The summed E-state index contributed by atoms with van der Waals surface area (Å²) in [6, 6.07) is 14.5. The van der Waals surface area contributed by atoms with E-state index in [1.54, 1.807) is 31.6 Å². The number of amides is 1. The Labute approximate surface area is 226 Å². The summed E-state index contributed by atoms with van der Waals surface area (Å²) < 4.78 is 20.3. The number of methoxy groups -OCH3 is 1. The molecule has 0 aliphatic carbocycles. The number of hydrogen-bond donors (Lipinski definition) is 2. The maximum Gasteiger partial charge on any atom is 0.248 e. The lowest BCUT2D eigenvalue weighted by Gasteiger charge is -2.36. The van der Waals surface area contributed by atoms with Crippen LogP contribution in [-0.4, -0.2) is 72.2 Å². The molecule has 2 aromatic carbocycles. The Hall–Kier alpha value is -4.41. The van der Waals surface area contributed by atoms with Crippen molar-refractivity contribution in [2.24, 2.45) is 0 Å². The fourth-order valence-corrected chi connectivity index (χ4v) is 4.60. The van der Waals surface area contributed by atoms with E-state index in [0.717, 1.165) is 49.2 Å². The van der Waals surface area contributed by atoms with Crippen molar-refractivity contribution in [3.8, 4) is 11.1 Å². The first-order valence-corrected chi connectivity index (χ1v) is 12.7. The number of rotatable bonds is 9. The first-order chi connectivity index (χ1) is 19.0. The largest absolute Gasteiger partial charge is 0.383 e. The van der Waals surface area contributed by atoms with Crippen molar-refractivity contribution in [3.05, 3.63) is 79.4 Å². The summed E-state index contributed by atoms with van der Waals surface area (Å²) in [4.78, 5) is 29.5. The molecule has 3 heterocycles. The zero-order valence-electron chi connectivity index (χ0n) is 21.7. The van der Waals surface area contributed by atoms with Crippen LogP contribution in [0.1, 0.15) is 0 Å². The molecule has 0 atom stereocenters. The van der Waals surface area contributed by atoms with E-state index in [2.05, 4.69) is 37.0 Å². The van der Waals surface area contributed by atoms with Gasteiger partial charge in [-0.15, -0.1) is 0 Å². The Kier molecular flexibility index (Phi) is 8.04. The van der Waals surface area contributed by atoms with E-state index < -0.39 is 0 Å². The normalized spacial score (nSPS) is 13.8. The fraction of sp³-hybridized carbons (Fsp3) is 0.241. The molecule has 2 N–H and O–H groups in total. The predicted molar refractivity (Wildman–Crippen MR) is 152 cm³/mol. The first-order valence-electron chi connectivity index (χ1n) is 12.7. The van der Waals surface area contributed by atoms with Crippen LogP contribution in [0.4, 0.5) is 27.5 Å². The quantitative estimate of drug-likeness (QED) is 0.308. The van der Waals surface area contributed by atoms with Crippen molar-refractivity contribution in [2.45, 2.75) is 0 Å². The minimum atomic E-state index is -0.339. The van der Waals surface area contributed by atoms with E-state index in [1.807, 2.05) is 30.3 Å². The molecule has 1 fully saturated rings. The maximum absolute atomic E-state index is 15.1. The van der Waals surface area contributed by atoms with Crippen LogP contribution < -0.4 is 15.5 Å². The second-order valence-corrected chi connectivity index (χ2v) is 9.17. The number of carbonyl (C=O) groups excluding carboxylic acids is 1. The Morgan fingerprint density at radius 2 is 1.97 bits per heavy atom. The SMILES string of the molecule is C=CC(=O)Nc1cc(-c2cccc3cnc(Nc4ccc(N5CCN(CCOC)CC5)c(F)c4)nc23)ccn1. The highest BCUT2D eigenvalue weighted by Crippen LogP contribution is 2.30. The molecule has 0 spiro atoms. The van der Waals surface area contributed by atoms with Gasteiger partial charge < -0.3 is 20.3 Å². The molecule has 39 heavy (non-hydrogen) atoms. The molecule has 0 unspecified atom stereocenters. The van der Waals surface area contributed by atoms with Crippen molar-refractivity contribution in [1.29, 1.82) is 0 Å². The fourth-order valence-electron chi connectivity index (χ4n) is 4.60. The van der Waals surface area contributed by atoms with Crippen LogP contribution in [0.25, 0.3) is 22.0 Å². The van der Waals surface area contributed by atoms with E-state index in [1.165, 1.54) is 12.1 Å². The van der Waals surface area contributed by atoms with Gasteiger partial charge in [-0.05, 0) is 42.0 Å². The lowest BCUT2D eigenvalue weighted by Crippen LogP contribution is -2.47. The van der Waals surface area contributed by atoms with Crippen LogP contribution in [0.15, 0.2) is 73.6 Å². The van der Waals surface area contributed by atoms with Gasteiger partial charge in [-0.1, -0.05) is 24.8 Å². The molecular formula is C29H30FN7O2. The number of fused-ring (bicyclic) bond motifs is 1. The van der Waals surface area contributed by atoms with Gasteiger partial charge in [0, 0.05) is 68.9 Å². The van der Waals surface area contributed by atoms with Gasteiger partial charge in [0.1, 0.15) is 11.6 Å². The highest BCUT2D eigenvalue weighted by atomic mass is 19.1. The number of para-hydroxylation sites is 1. The molecule has 200 valence electrons. The van der Waals surface area contributed by atoms with Crippen molar-refractivity contribution >= 4 is 40.0 Å². The smallest absolute Gasteiger partial charge is 0.248 e. The maximum atomic E-state index is 15.1. The lowest BCUT2D eigenvalue weighted by atomic mass is 10.0. The van der Waals surface area contributed by atoms with Crippen LogP contribution in [-0.2, 0) is 9.53 Å². The van der Waals surface area contributed by atoms with Gasteiger partial charge in [-0.3, -0.25) is 9.69 Å². The predicted octanol–water partition coefficient (Wildman–Crippen LogP) is 4.47. The molecule has 9 nitrogen and oxygen atoms in total. The third-order valence-corrected chi connectivity index (χ3v) is 6.65. The minimum Gasteiger partial charge on any atom is -0.383 e. The summed E-state index contributed by atoms with van der Waals surface area (Å²) in [6.45, 7) is 8.32. The summed E-state index contributed by atoms with van der Waals surface area (Å²) in [5.41, 5.74) is 3.54. The molecule has 5 rings (SSSR count). The standard InChI is InChI=1S/C29H30FN7O2/c1-3-27(38)34-26-17-20(9-10-31-26)23-6-4-5-21-19-32-29(35-28(21)23)33-22-7-8-25(24(30)18-22)37-13-11-36(12-14-37)15-16-39-2/h3-10,17-19H,1,11-16H2,2H3,(H,31,34,38)(H,32,33,35). The molecule has 0 bridgehead atoms. The van der Waals surface area contributed by atoms with Crippen molar-refractivity contribution < 1.29 is 13.9 Å². The number of halogens is 1.